The summed E-state index contributed by atoms with van der Waals surface area (Å²) >= 11 is 0. The highest BCUT2D eigenvalue weighted by Crippen LogP contribution is 2.17. The molecular formula is C16H27N3O. The second-order valence-corrected chi connectivity index (χ2v) is 6.34. The van der Waals surface area contributed by atoms with Crippen LogP contribution in [-0.4, -0.2) is 38.0 Å². The van der Waals surface area contributed by atoms with Crippen LogP contribution in [0, 0.1) is 5.41 Å². The van der Waals surface area contributed by atoms with Gasteiger partial charge in [0.25, 0.3) is 0 Å². The van der Waals surface area contributed by atoms with Crippen molar-refractivity contribution in [1.29, 1.82) is 0 Å². The Labute approximate surface area is 122 Å². The molecule has 112 valence electrons. The standard InChI is InChI=1S/C16H27N3O/c1-13(20)18-15-9-7-6-8-14(15)10-17-11-16(2,3)12-19(4)5/h6-9,17H,10-12H2,1-5H3,(H,18,20). The highest BCUT2D eigenvalue weighted by molar-refractivity contribution is 5.89. The number of benzene rings is 1. The number of hydrogen-bond donors (Lipinski definition) is 2. The lowest BCUT2D eigenvalue weighted by Crippen LogP contribution is -2.37. The minimum atomic E-state index is -0.0367. The topological polar surface area (TPSA) is 44.4 Å². The summed E-state index contributed by atoms with van der Waals surface area (Å²) in [7, 11) is 4.18. The molecule has 0 bridgehead atoms. The summed E-state index contributed by atoms with van der Waals surface area (Å²) in [5.74, 6) is -0.0367. The zero-order valence-corrected chi connectivity index (χ0v) is 13.3. The molecule has 0 aromatic heterocycles. The van der Waals surface area contributed by atoms with E-state index in [0.29, 0.717) is 0 Å². The first kappa shape index (κ1) is 16.7. The number of anilines is 1. The van der Waals surface area contributed by atoms with Gasteiger partial charge in [0.2, 0.25) is 5.91 Å². The molecule has 4 nitrogen and oxygen atoms in total. The van der Waals surface area contributed by atoms with E-state index in [2.05, 4.69) is 43.5 Å². The third kappa shape index (κ3) is 6.17. The number of rotatable bonds is 7. The number of para-hydroxylation sites is 1. The van der Waals surface area contributed by atoms with Crippen molar-refractivity contribution in [2.45, 2.75) is 27.3 Å². The van der Waals surface area contributed by atoms with Crippen LogP contribution < -0.4 is 10.6 Å². The largest absolute Gasteiger partial charge is 0.326 e. The highest BCUT2D eigenvalue weighted by atomic mass is 16.1. The van der Waals surface area contributed by atoms with E-state index in [1.807, 2.05) is 24.3 Å². The van der Waals surface area contributed by atoms with E-state index in [-0.39, 0.29) is 11.3 Å². The fourth-order valence-electron chi connectivity index (χ4n) is 2.43. The fourth-order valence-corrected chi connectivity index (χ4v) is 2.43. The summed E-state index contributed by atoms with van der Waals surface area (Å²) in [5.41, 5.74) is 2.22. The molecule has 1 aromatic carbocycles. The maximum Gasteiger partial charge on any atom is 0.221 e. The second-order valence-electron chi connectivity index (χ2n) is 6.34. The van der Waals surface area contributed by atoms with Crippen molar-refractivity contribution in [2.75, 3.05) is 32.5 Å². The van der Waals surface area contributed by atoms with Gasteiger partial charge in [-0.15, -0.1) is 0 Å². The van der Waals surface area contributed by atoms with Gasteiger partial charge in [-0.05, 0) is 31.1 Å². The molecule has 0 heterocycles. The summed E-state index contributed by atoms with van der Waals surface area (Å²) in [6, 6.07) is 7.90. The molecule has 4 heteroatoms. The van der Waals surface area contributed by atoms with Crippen LogP contribution in [0.1, 0.15) is 26.3 Å². The quantitative estimate of drug-likeness (QED) is 0.804. The molecule has 0 aliphatic heterocycles. The third-order valence-electron chi connectivity index (χ3n) is 2.99. The van der Waals surface area contributed by atoms with Gasteiger partial charge in [0.05, 0.1) is 0 Å². The molecule has 0 aliphatic rings. The van der Waals surface area contributed by atoms with Crippen molar-refractivity contribution in [3.05, 3.63) is 29.8 Å². The van der Waals surface area contributed by atoms with Gasteiger partial charge in [0, 0.05) is 32.2 Å². The summed E-state index contributed by atoms with van der Waals surface area (Å²) < 4.78 is 0. The van der Waals surface area contributed by atoms with Crippen molar-refractivity contribution < 1.29 is 4.79 Å². The highest BCUT2D eigenvalue weighted by Gasteiger charge is 2.18. The minimum absolute atomic E-state index is 0.0367. The number of amides is 1. The van der Waals surface area contributed by atoms with Gasteiger partial charge < -0.3 is 15.5 Å². The van der Waals surface area contributed by atoms with Crippen LogP contribution in [0.3, 0.4) is 0 Å². The van der Waals surface area contributed by atoms with E-state index in [1.165, 1.54) is 6.92 Å². The van der Waals surface area contributed by atoms with Crippen LogP contribution in [0.5, 0.6) is 0 Å². The van der Waals surface area contributed by atoms with E-state index >= 15 is 0 Å². The van der Waals surface area contributed by atoms with Gasteiger partial charge in [0.1, 0.15) is 0 Å². The molecule has 2 N–H and O–H groups in total. The number of carbonyl (C=O) groups excluding carboxylic acids is 1. The Balaban J connectivity index is 2.55. The minimum Gasteiger partial charge on any atom is -0.326 e. The average molecular weight is 277 g/mol. The number of hydrogen-bond acceptors (Lipinski definition) is 3. The molecule has 0 atom stereocenters. The molecule has 0 saturated heterocycles. The van der Waals surface area contributed by atoms with E-state index in [9.17, 15) is 4.79 Å². The summed E-state index contributed by atoms with van der Waals surface area (Å²) in [4.78, 5) is 13.4. The first-order valence-electron chi connectivity index (χ1n) is 7.01. The molecule has 0 radical (unpaired) electrons. The van der Waals surface area contributed by atoms with Crippen LogP contribution >= 0.6 is 0 Å². The first-order valence-corrected chi connectivity index (χ1v) is 7.01. The lowest BCUT2D eigenvalue weighted by molar-refractivity contribution is -0.114. The number of nitrogens with one attached hydrogen (secondary N) is 2. The number of carbonyl (C=O) groups is 1. The molecule has 20 heavy (non-hydrogen) atoms. The predicted molar refractivity (Wildman–Crippen MR) is 84.8 cm³/mol. The maximum atomic E-state index is 11.2. The molecule has 1 aromatic rings. The molecule has 1 rings (SSSR count). The van der Waals surface area contributed by atoms with Crippen LogP contribution in [0.15, 0.2) is 24.3 Å². The van der Waals surface area contributed by atoms with E-state index < -0.39 is 0 Å². The lowest BCUT2D eigenvalue weighted by atomic mass is 9.93. The van der Waals surface area contributed by atoms with Crippen molar-refractivity contribution >= 4 is 11.6 Å². The Kier molecular flexibility index (Phi) is 6.17. The Morgan fingerprint density at radius 1 is 1.25 bits per heavy atom. The zero-order chi connectivity index (χ0) is 15.2. The Morgan fingerprint density at radius 3 is 2.50 bits per heavy atom. The Morgan fingerprint density at radius 2 is 1.90 bits per heavy atom. The van der Waals surface area contributed by atoms with Gasteiger partial charge in [0.15, 0.2) is 0 Å². The van der Waals surface area contributed by atoms with Crippen LogP contribution in [0.2, 0.25) is 0 Å². The lowest BCUT2D eigenvalue weighted by Gasteiger charge is -2.28. The van der Waals surface area contributed by atoms with Gasteiger partial charge in [-0.25, -0.2) is 0 Å². The number of nitrogens with zero attached hydrogens (tertiary/aromatic N) is 1. The van der Waals surface area contributed by atoms with Crippen molar-refractivity contribution in [2.24, 2.45) is 5.41 Å². The van der Waals surface area contributed by atoms with Gasteiger partial charge >= 0.3 is 0 Å². The zero-order valence-electron chi connectivity index (χ0n) is 13.3. The third-order valence-corrected chi connectivity index (χ3v) is 2.99. The Hall–Kier alpha value is -1.39. The smallest absolute Gasteiger partial charge is 0.221 e. The van der Waals surface area contributed by atoms with Crippen LogP contribution in [0.25, 0.3) is 0 Å². The molecule has 1 amide bonds. The normalized spacial score (nSPS) is 11.7. The monoisotopic (exact) mass is 277 g/mol. The second kappa shape index (κ2) is 7.41. The van der Waals surface area contributed by atoms with Crippen molar-refractivity contribution in [1.82, 2.24) is 10.2 Å². The predicted octanol–water partition coefficient (Wildman–Crippen LogP) is 2.32. The van der Waals surface area contributed by atoms with E-state index in [1.54, 1.807) is 0 Å². The molecule has 0 aliphatic carbocycles. The molecule has 0 spiro atoms. The molecular weight excluding hydrogens is 250 g/mol. The van der Waals surface area contributed by atoms with Crippen LogP contribution in [-0.2, 0) is 11.3 Å². The van der Waals surface area contributed by atoms with Gasteiger partial charge in [-0.1, -0.05) is 32.0 Å². The summed E-state index contributed by atoms with van der Waals surface area (Å²) in [5, 5.41) is 6.35. The van der Waals surface area contributed by atoms with E-state index in [4.69, 9.17) is 0 Å². The van der Waals surface area contributed by atoms with Crippen LogP contribution in [0.4, 0.5) is 5.69 Å². The Bertz CT molecular complexity index is 441. The van der Waals surface area contributed by atoms with E-state index in [0.717, 1.165) is 30.9 Å². The first-order chi connectivity index (χ1) is 9.30. The van der Waals surface area contributed by atoms with Crippen molar-refractivity contribution in [3.63, 3.8) is 0 Å². The van der Waals surface area contributed by atoms with Gasteiger partial charge in [-0.2, -0.15) is 0 Å². The summed E-state index contributed by atoms with van der Waals surface area (Å²) in [6.45, 7) is 8.75. The van der Waals surface area contributed by atoms with Gasteiger partial charge in [-0.3, -0.25) is 4.79 Å². The SMILES string of the molecule is CC(=O)Nc1ccccc1CNCC(C)(C)CN(C)C. The van der Waals surface area contributed by atoms with Crippen molar-refractivity contribution in [3.8, 4) is 0 Å². The molecule has 0 saturated carbocycles. The fraction of sp³-hybridized carbons (Fsp3) is 0.562. The molecule has 0 fully saturated rings. The maximum absolute atomic E-state index is 11.2. The summed E-state index contributed by atoms with van der Waals surface area (Å²) in [6.07, 6.45) is 0. The molecule has 0 unspecified atom stereocenters. The average Bonchev–Trinajstić information content (AvgIpc) is 2.28.